The van der Waals surface area contributed by atoms with Crippen molar-refractivity contribution < 1.29 is 23.6 Å². The minimum Gasteiger partial charge on any atom is -0.478 e. The molecule has 1 heterocycles. The van der Waals surface area contributed by atoms with E-state index in [0.29, 0.717) is 11.6 Å². The number of aromatic carboxylic acids is 1. The Morgan fingerprint density at radius 3 is 2.55 bits per heavy atom. The van der Waals surface area contributed by atoms with E-state index in [1.54, 1.807) is 17.0 Å². The van der Waals surface area contributed by atoms with Crippen LogP contribution >= 0.6 is 11.6 Å². The predicted molar refractivity (Wildman–Crippen MR) is 130 cm³/mol. The molecule has 2 aromatic rings. The quantitative estimate of drug-likeness (QED) is 0.413. The number of carboxylic acid groups (broad SMARTS) is 1. The van der Waals surface area contributed by atoms with E-state index in [1.807, 2.05) is 31.2 Å². The van der Waals surface area contributed by atoms with Crippen LogP contribution in [0.1, 0.15) is 66.9 Å². The third kappa shape index (κ3) is 6.43. The molecule has 8 heteroatoms. The first-order valence-electron chi connectivity index (χ1n) is 11.2. The van der Waals surface area contributed by atoms with Crippen LogP contribution in [0.4, 0.5) is 0 Å². The van der Waals surface area contributed by atoms with Crippen LogP contribution in [0.15, 0.2) is 48.5 Å². The van der Waals surface area contributed by atoms with Crippen LogP contribution in [0.2, 0.25) is 5.02 Å². The number of ether oxygens (including phenoxy) is 1. The van der Waals surface area contributed by atoms with Gasteiger partial charge in [-0.3, -0.25) is 9.00 Å². The number of hydrogen-bond donors (Lipinski definition) is 1. The summed E-state index contributed by atoms with van der Waals surface area (Å²) in [5, 5.41) is 9.31. The Bertz CT molecular complexity index is 997. The fraction of sp³-hybridized carbons (Fsp3) is 0.440. The van der Waals surface area contributed by atoms with Crippen molar-refractivity contribution >= 4 is 34.3 Å². The molecule has 1 aliphatic heterocycles. The molecule has 0 saturated carbocycles. The molecule has 0 aromatic heterocycles. The molecule has 178 valence electrons. The molecule has 0 bridgehead atoms. The van der Waals surface area contributed by atoms with E-state index in [-0.39, 0.29) is 29.6 Å². The summed E-state index contributed by atoms with van der Waals surface area (Å²) in [6, 6.07) is 14.1. The molecule has 1 saturated heterocycles. The number of amides is 1. The topological polar surface area (TPSA) is 83.9 Å². The Kier molecular flexibility index (Phi) is 9.06. The molecule has 0 aliphatic carbocycles. The highest BCUT2D eigenvalue weighted by molar-refractivity contribution is 7.85. The Morgan fingerprint density at radius 1 is 1.24 bits per heavy atom. The number of likely N-dealkylation sites (tertiary alicyclic amines) is 1. The highest BCUT2D eigenvalue weighted by Gasteiger charge is 2.43. The summed E-state index contributed by atoms with van der Waals surface area (Å²) in [4.78, 5) is 24.9. The van der Waals surface area contributed by atoms with Crippen molar-refractivity contribution in [1.82, 2.24) is 4.90 Å². The van der Waals surface area contributed by atoms with Crippen molar-refractivity contribution in [2.45, 2.75) is 62.8 Å². The van der Waals surface area contributed by atoms with Crippen molar-refractivity contribution in [2.24, 2.45) is 0 Å². The van der Waals surface area contributed by atoms with E-state index in [2.05, 4.69) is 6.92 Å². The number of halogens is 1. The minimum atomic E-state index is -1.32. The van der Waals surface area contributed by atoms with Crippen molar-refractivity contribution in [1.29, 1.82) is 0 Å². The van der Waals surface area contributed by atoms with Crippen LogP contribution in [0.25, 0.3) is 0 Å². The van der Waals surface area contributed by atoms with Crippen molar-refractivity contribution in [3.63, 3.8) is 0 Å². The Hall–Kier alpha value is -2.22. The van der Waals surface area contributed by atoms with Crippen LogP contribution < -0.4 is 0 Å². The fourth-order valence-electron chi connectivity index (χ4n) is 3.98. The van der Waals surface area contributed by atoms with Gasteiger partial charge in [-0.1, -0.05) is 61.7 Å². The molecule has 0 radical (unpaired) electrons. The largest absolute Gasteiger partial charge is 0.478 e. The molecule has 1 aliphatic rings. The van der Waals surface area contributed by atoms with E-state index in [4.69, 9.17) is 21.4 Å². The van der Waals surface area contributed by atoms with E-state index in [9.17, 15) is 13.8 Å². The second-order valence-corrected chi connectivity index (χ2v) is 10.3. The average molecular weight is 492 g/mol. The lowest BCUT2D eigenvalue weighted by molar-refractivity contribution is -0.161. The normalized spacial score (nSPS) is 18.5. The van der Waals surface area contributed by atoms with E-state index >= 15 is 0 Å². The van der Waals surface area contributed by atoms with Gasteiger partial charge in [0, 0.05) is 21.7 Å². The van der Waals surface area contributed by atoms with Gasteiger partial charge in [-0.2, -0.15) is 0 Å². The second-order valence-electron chi connectivity index (χ2n) is 8.28. The van der Waals surface area contributed by atoms with Gasteiger partial charge in [0.2, 0.25) is 5.91 Å². The summed E-state index contributed by atoms with van der Waals surface area (Å²) in [6.45, 7) is 4.37. The Balaban J connectivity index is 1.61. The maximum atomic E-state index is 12.9. The van der Waals surface area contributed by atoms with Gasteiger partial charge in [-0.05, 0) is 42.7 Å². The average Bonchev–Trinajstić information content (AvgIpc) is 2.78. The SMILES string of the molecule is CCCCC(COC(C)N1C(=O)CC1S(=O)Cc1ccc(C(=O)O)cc1)c1ccccc1Cl. The van der Waals surface area contributed by atoms with Gasteiger partial charge < -0.3 is 14.7 Å². The van der Waals surface area contributed by atoms with E-state index < -0.39 is 28.4 Å². The number of hydrogen-bond acceptors (Lipinski definition) is 4. The van der Waals surface area contributed by atoms with Gasteiger partial charge in [-0.25, -0.2) is 4.79 Å². The Morgan fingerprint density at radius 2 is 1.94 bits per heavy atom. The molecular weight excluding hydrogens is 462 g/mol. The summed E-state index contributed by atoms with van der Waals surface area (Å²) in [5.41, 5.74) is 1.99. The third-order valence-electron chi connectivity index (χ3n) is 5.94. The number of carboxylic acids is 1. The lowest BCUT2D eigenvalue weighted by atomic mass is 9.94. The first-order chi connectivity index (χ1) is 15.8. The molecule has 1 N–H and O–H groups in total. The number of carbonyl (C=O) groups is 2. The second kappa shape index (κ2) is 11.8. The van der Waals surface area contributed by atoms with Crippen LogP contribution in [-0.2, 0) is 26.1 Å². The standard InChI is InChI=1S/C25H30ClNO5S/c1-3-4-7-20(21-8-5-6-9-22(21)26)15-32-17(2)27-23(28)14-24(27)33(31)16-18-10-12-19(13-11-18)25(29)30/h5-6,8-13,17,20,24H,3-4,7,14-16H2,1-2H3,(H,29,30). The fourth-order valence-corrected chi connectivity index (χ4v) is 5.86. The van der Waals surface area contributed by atoms with Crippen LogP contribution in [-0.4, -0.2) is 44.3 Å². The first kappa shape index (κ1) is 25.4. The van der Waals surface area contributed by atoms with Crippen LogP contribution in [0.5, 0.6) is 0 Å². The van der Waals surface area contributed by atoms with Crippen LogP contribution in [0.3, 0.4) is 0 Å². The number of unbranched alkanes of at least 4 members (excludes halogenated alkanes) is 1. The van der Waals surface area contributed by atoms with Gasteiger partial charge in [0.1, 0.15) is 11.6 Å². The molecule has 2 aromatic carbocycles. The zero-order valence-corrected chi connectivity index (χ0v) is 20.5. The lowest BCUT2D eigenvalue weighted by Crippen LogP contribution is -2.59. The van der Waals surface area contributed by atoms with Crippen LogP contribution in [0, 0.1) is 0 Å². The third-order valence-corrected chi connectivity index (χ3v) is 7.91. The maximum absolute atomic E-state index is 12.9. The zero-order valence-electron chi connectivity index (χ0n) is 18.9. The van der Waals surface area contributed by atoms with Crippen molar-refractivity contribution in [2.75, 3.05) is 6.61 Å². The number of carbonyl (C=O) groups excluding carboxylic acids is 1. The summed E-state index contributed by atoms with van der Waals surface area (Å²) in [6.07, 6.45) is 2.76. The summed E-state index contributed by atoms with van der Waals surface area (Å²) < 4.78 is 19.1. The van der Waals surface area contributed by atoms with Gasteiger partial charge in [0.25, 0.3) is 0 Å². The molecule has 1 fully saturated rings. The molecule has 4 atom stereocenters. The van der Waals surface area contributed by atoms with Gasteiger partial charge in [-0.15, -0.1) is 0 Å². The number of rotatable bonds is 12. The van der Waals surface area contributed by atoms with E-state index in [0.717, 1.165) is 30.4 Å². The highest BCUT2D eigenvalue weighted by Crippen LogP contribution is 2.31. The Labute approximate surface area is 202 Å². The zero-order chi connectivity index (χ0) is 24.0. The van der Waals surface area contributed by atoms with Gasteiger partial charge >= 0.3 is 5.97 Å². The number of nitrogens with zero attached hydrogens (tertiary/aromatic N) is 1. The number of β-lactam (4-membered cyclic amide) rings is 1. The number of benzene rings is 2. The molecule has 4 unspecified atom stereocenters. The summed E-state index contributed by atoms with van der Waals surface area (Å²) in [5.74, 6) is -0.711. The summed E-state index contributed by atoms with van der Waals surface area (Å²) >= 11 is 6.41. The monoisotopic (exact) mass is 491 g/mol. The van der Waals surface area contributed by atoms with E-state index in [1.165, 1.54) is 12.1 Å². The first-order valence-corrected chi connectivity index (χ1v) is 12.9. The van der Waals surface area contributed by atoms with Gasteiger partial charge in [0.15, 0.2) is 0 Å². The van der Waals surface area contributed by atoms with Gasteiger partial charge in [0.05, 0.1) is 24.3 Å². The predicted octanol–water partition coefficient (Wildman–Crippen LogP) is 5.18. The van der Waals surface area contributed by atoms with Crippen molar-refractivity contribution in [3.05, 3.63) is 70.2 Å². The molecular formula is C25H30ClNO5S. The minimum absolute atomic E-state index is 0.0788. The molecule has 3 rings (SSSR count). The van der Waals surface area contributed by atoms with Crippen molar-refractivity contribution in [3.8, 4) is 0 Å². The molecule has 33 heavy (non-hydrogen) atoms. The highest BCUT2D eigenvalue weighted by atomic mass is 35.5. The maximum Gasteiger partial charge on any atom is 0.335 e. The molecule has 0 spiro atoms. The lowest BCUT2D eigenvalue weighted by Gasteiger charge is -2.43. The smallest absolute Gasteiger partial charge is 0.335 e. The summed E-state index contributed by atoms with van der Waals surface area (Å²) in [7, 11) is -1.32. The molecule has 1 amide bonds. The molecule has 6 nitrogen and oxygen atoms in total.